The van der Waals surface area contributed by atoms with Crippen LogP contribution in [0.4, 0.5) is 5.82 Å². The number of nitrogens with one attached hydrogen (secondary N) is 1. The van der Waals surface area contributed by atoms with Gasteiger partial charge in [-0.05, 0) is 50.6 Å². The lowest BCUT2D eigenvalue weighted by atomic mass is 10.1. The van der Waals surface area contributed by atoms with Crippen LogP contribution in [0.15, 0.2) is 42.7 Å². The molecule has 6 heteroatoms. The second-order valence-corrected chi connectivity index (χ2v) is 7.07. The van der Waals surface area contributed by atoms with Gasteiger partial charge in [0.15, 0.2) is 0 Å². The van der Waals surface area contributed by atoms with Crippen LogP contribution in [0.5, 0.6) is 0 Å². The molecule has 1 saturated heterocycles. The number of anilines is 1. The van der Waals surface area contributed by atoms with Gasteiger partial charge >= 0.3 is 0 Å². The summed E-state index contributed by atoms with van der Waals surface area (Å²) in [7, 11) is 2.18. The number of nitrogens with zero attached hydrogens (tertiary/aromatic N) is 4. The van der Waals surface area contributed by atoms with Crippen LogP contribution in [0.2, 0.25) is 0 Å². The number of hydrogen-bond acceptors (Lipinski definition) is 5. The maximum Gasteiger partial charge on any atom is 0.252 e. The van der Waals surface area contributed by atoms with E-state index in [1.165, 1.54) is 0 Å². The van der Waals surface area contributed by atoms with Gasteiger partial charge in [0, 0.05) is 50.3 Å². The number of piperazine rings is 1. The zero-order valence-electron chi connectivity index (χ0n) is 16.3. The Balaban J connectivity index is 1.47. The first-order valence-electron chi connectivity index (χ1n) is 9.76. The molecule has 6 nitrogen and oxygen atoms in total. The molecule has 1 amide bonds. The summed E-state index contributed by atoms with van der Waals surface area (Å²) in [6.45, 7) is 5.85. The van der Waals surface area contributed by atoms with Crippen molar-refractivity contribution in [2.24, 2.45) is 0 Å². The third kappa shape index (κ3) is 5.26. The minimum atomic E-state index is -0.0696. The molecule has 27 heavy (non-hydrogen) atoms. The summed E-state index contributed by atoms with van der Waals surface area (Å²) in [6.07, 6.45) is 6.34. The molecule has 0 aliphatic carbocycles. The smallest absolute Gasteiger partial charge is 0.252 e. The highest BCUT2D eigenvalue weighted by atomic mass is 16.1. The maximum atomic E-state index is 12.3. The van der Waals surface area contributed by atoms with E-state index in [0.29, 0.717) is 18.2 Å². The van der Waals surface area contributed by atoms with Crippen LogP contribution in [0.25, 0.3) is 0 Å². The molecule has 3 rings (SSSR count). The molecule has 1 N–H and O–H groups in total. The fraction of sp³-hybridized carbons (Fsp3) is 0.476. The standard InChI is InChI=1S/C21H29N5O/c1-3-19-16-26(14-13-25(19)2)20-10-9-17(15-24-20)21(27)23-12-6-8-18-7-4-5-11-22-18/h4-5,7,9-11,15,19H,3,6,8,12-14,16H2,1-2H3,(H,23,27)/t19-/m0/s1. The van der Waals surface area contributed by atoms with Gasteiger partial charge in [-0.25, -0.2) is 4.98 Å². The quantitative estimate of drug-likeness (QED) is 0.762. The van der Waals surface area contributed by atoms with Crippen molar-refractivity contribution in [2.75, 3.05) is 38.1 Å². The highest BCUT2D eigenvalue weighted by Crippen LogP contribution is 2.18. The van der Waals surface area contributed by atoms with Crippen molar-refractivity contribution in [3.8, 4) is 0 Å². The molecule has 144 valence electrons. The average molecular weight is 367 g/mol. The highest BCUT2D eigenvalue weighted by molar-refractivity contribution is 5.94. The normalized spacial score (nSPS) is 17.7. The van der Waals surface area contributed by atoms with Gasteiger partial charge in [-0.15, -0.1) is 0 Å². The first-order valence-corrected chi connectivity index (χ1v) is 9.76. The molecule has 1 aliphatic heterocycles. The van der Waals surface area contributed by atoms with Crippen molar-refractivity contribution in [1.82, 2.24) is 20.2 Å². The van der Waals surface area contributed by atoms with Crippen molar-refractivity contribution >= 4 is 11.7 Å². The van der Waals surface area contributed by atoms with E-state index in [9.17, 15) is 4.79 Å². The fourth-order valence-electron chi connectivity index (χ4n) is 3.42. The van der Waals surface area contributed by atoms with Gasteiger partial charge in [0.05, 0.1) is 5.56 Å². The number of amides is 1. The monoisotopic (exact) mass is 367 g/mol. The minimum Gasteiger partial charge on any atom is -0.354 e. The lowest BCUT2D eigenvalue weighted by Gasteiger charge is -2.39. The first-order chi connectivity index (χ1) is 13.2. The highest BCUT2D eigenvalue weighted by Gasteiger charge is 2.23. The molecule has 0 saturated carbocycles. The molecule has 0 unspecified atom stereocenters. The number of carbonyl (C=O) groups is 1. The zero-order chi connectivity index (χ0) is 19.1. The van der Waals surface area contributed by atoms with E-state index in [1.807, 2.05) is 30.3 Å². The van der Waals surface area contributed by atoms with E-state index in [0.717, 1.165) is 50.4 Å². The third-order valence-corrected chi connectivity index (χ3v) is 5.20. The Morgan fingerprint density at radius 3 is 2.81 bits per heavy atom. The van der Waals surface area contributed by atoms with Crippen LogP contribution in [-0.4, -0.2) is 60.0 Å². The second-order valence-electron chi connectivity index (χ2n) is 7.07. The number of aromatic nitrogens is 2. The van der Waals surface area contributed by atoms with Gasteiger partial charge in [0.1, 0.15) is 5.82 Å². The van der Waals surface area contributed by atoms with Crippen molar-refractivity contribution in [3.05, 3.63) is 54.0 Å². The van der Waals surface area contributed by atoms with Crippen LogP contribution >= 0.6 is 0 Å². The van der Waals surface area contributed by atoms with Crippen LogP contribution in [0.1, 0.15) is 35.8 Å². The van der Waals surface area contributed by atoms with E-state index in [2.05, 4.69) is 39.1 Å². The Morgan fingerprint density at radius 1 is 1.22 bits per heavy atom. The summed E-state index contributed by atoms with van der Waals surface area (Å²) < 4.78 is 0. The van der Waals surface area contributed by atoms with Crippen LogP contribution < -0.4 is 10.2 Å². The molecular formula is C21H29N5O. The largest absolute Gasteiger partial charge is 0.354 e. The number of aryl methyl sites for hydroxylation is 1. The average Bonchev–Trinajstić information content (AvgIpc) is 2.72. The Morgan fingerprint density at radius 2 is 2.11 bits per heavy atom. The van der Waals surface area contributed by atoms with E-state index in [4.69, 9.17) is 0 Å². The van der Waals surface area contributed by atoms with Crippen LogP contribution in [-0.2, 0) is 6.42 Å². The fourth-order valence-corrected chi connectivity index (χ4v) is 3.42. The number of hydrogen-bond donors (Lipinski definition) is 1. The SMILES string of the molecule is CC[C@H]1CN(c2ccc(C(=O)NCCCc3ccccn3)cn2)CCN1C. The van der Waals surface area contributed by atoms with Gasteiger partial charge < -0.3 is 10.2 Å². The second kappa shape index (κ2) is 9.46. The summed E-state index contributed by atoms with van der Waals surface area (Å²) in [6, 6.07) is 10.3. The molecule has 1 fully saturated rings. The molecule has 0 aromatic carbocycles. The van der Waals surface area contributed by atoms with E-state index >= 15 is 0 Å². The minimum absolute atomic E-state index is 0.0696. The van der Waals surface area contributed by atoms with Crippen molar-refractivity contribution in [1.29, 1.82) is 0 Å². The third-order valence-electron chi connectivity index (χ3n) is 5.20. The summed E-state index contributed by atoms with van der Waals surface area (Å²) in [5.74, 6) is 0.883. The number of pyridine rings is 2. The molecule has 3 heterocycles. The summed E-state index contributed by atoms with van der Waals surface area (Å²) in [5, 5.41) is 2.96. The van der Waals surface area contributed by atoms with E-state index in [1.54, 1.807) is 12.4 Å². The summed E-state index contributed by atoms with van der Waals surface area (Å²) >= 11 is 0. The van der Waals surface area contributed by atoms with Gasteiger partial charge in [-0.3, -0.25) is 14.7 Å². The number of rotatable bonds is 7. The molecule has 0 spiro atoms. The summed E-state index contributed by atoms with van der Waals surface area (Å²) in [4.78, 5) is 25.8. The Bertz CT molecular complexity index is 719. The lowest BCUT2D eigenvalue weighted by Crippen LogP contribution is -2.51. The van der Waals surface area contributed by atoms with E-state index in [-0.39, 0.29) is 5.91 Å². The van der Waals surface area contributed by atoms with Gasteiger partial charge in [0.25, 0.3) is 5.91 Å². The van der Waals surface area contributed by atoms with Gasteiger partial charge in [-0.1, -0.05) is 13.0 Å². The Labute approximate surface area is 161 Å². The number of carbonyl (C=O) groups excluding carboxylic acids is 1. The molecule has 1 aliphatic rings. The Kier molecular flexibility index (Phi) is 6.76. The molecule has 2 aromatic heterocycles. The first kappa shape index (κ1) is 19.3. The molecule has 0 radical (unpaired) electrons. The maximum absolute atomic E-state index is 12.3. The van der Waals surface area contributed by atoms with Gasteiger partial charge in [0.2, 0.25) is 0 Å². The lowest BCUT2D eigenvalue weighted by molar-refractivity contribution is 0.0953. The predicted molar refractivity (Wildman–Crippen MR) is 108 cm³/mol. The van der Waals surface area contributed by atoms with Crippen molar-refractivity contribution < 1.29 is 4.79 Å². The topological polar surface area (TPSA) is 61.4 Å². The van der Waals surface area contributed by atoms with E-state index < -0.39 is 0 Å². The molecule has 2 aromatic rings. The van der Waals surface area contributed by atoms with Crippen molar-refractivity contribution in [2.45, 2.75) is 32.2 Å². The molecule has 0 bridgehead atoms. The zero-order valence-corrected chi connectivity index (χ0v) is 16.3. The number of likely N-dealkylation sites (N-methyl/N-ethyl adjacent to an activating group) is 1. The summed E-state index contributed by atoms with van der Waals surface area (Å²) in [5.41, 5.74) is 1.66. The van der Waals surface area contributed by atoms with Crippen LogP contribution in [0.3, 0.4) is 0 Å². The Hall–Kier alpha value is -2.47. The predicted octanol–water partition coefficient (Wildman–Crippen LogP) is 2.37. The van der Waals surface area contributed by atoms with Crippen molar-refractivity contribution in [3.63, 3.8) is 0 Å². The van der Waals surface area contributed by atoms with Crippen LogP contribution in [0, 0.1) is 0 Å². The molecule has 1 atom stereocenters. The molecular weight excluding hydrogens is 338 g/mol. The van der Waals surface area contributed by atoms with Gasteiger partial charge in [-0.2, -0.15) is 0 Å².